The Kier molecular flexibility index (Phi) is 21.8. The van der Waals surface area contributed by atoms with Crippen LogP contribution in [-0.2, 0) is 61.6 Å². The number of ether oxygens (including phenoxy) is 12. The normalized spacial score (nSPS) is 54.0. The topological polar surface area (TPSA) is 532 Å². The van der Waals surface area contributed by atoms with Crippen LogP contribution >= 0.6 is 0 Å². The van der Waals surface area contributed by atoms with Crippen LogP contribution < -0.4 is 0 Å². The molecule has 6 heterocycles. The van der Waals surface area contributed by atoms with Crippen molar-refractivity contribution in [3.63, 3.8) is 0 Å². The van der Waals surface area contributed by atoms with Gasteiger partial charge in [-0.2, -0.15) is 0 Å². The zero-order valence-electron chi connectivity index (χ0n) is 54.5. The monoisotopic (exact) mass is 1390 g/mol. The first-order chi connectivity index (χ1) is 45.1. The first-order valence-corrected chi connectivity index (χ1v) is 33.4. The Morgan fingerprint density at radius 3 is 1.76 bits per heavy atom. The molecule has 0 aromatic heterocycles. The summed E-state index contributed by atoms with van der Waals surface area (Å²) >= 11 is 0. The van der Waals surface area contributed by atoms with Crippen LogP contribution in [0.5, 0.6) is 0 Å². The zero-order chi connectivity index (χ0) is 70.1. The molecule has 36 atom stereocenters. The predicted molar refractivity (Wildman–Crippen MR) is 314 cm³/mol. The van der Waals surface area contributed by atoms with Gasteiger partial charge in [-0.15, -0.1) is 0 Å². The van der Waals surface area contributed by atoms with Crippen molar-refractivity contribution in [3.05, 3.63) is 11.6 Å². The molecule has 0 aromatic rings. The van der Waals surface area contributed by atoms with Gasteiger partial charge in [-0.3, -0.25) is 4.79 Å². The van der Waals surface area contributed by atoms with Gasteiger partial charge in [-0.05, 0) is 97.7 Å². The van der Waals surface area contributed by atoms with Gasteiger partial charge in [0.15, 0.2) is 37.6 Å². The SMILES string of the molecule is C[C@@H]1O[C@@H](O[C@H]2C(OC(=O)[C@]34CCC(C)(C)C[C@H]3C3=CCC5[C@@]6(C)C[C@H](O)[C@H](OC7O[C@H](CO)[C@@H](O)[C@H](O[C@@H]8O[C@H](CO)[C@@H](O)[C@H](O)[C@H]8O)[C@H]7O)C(CO)(CO)[C@@H]6CC[C@@]5(C)[C@]3(C)C[C@H]4O)OC[C@H](O)[C@@H]2O)[C@H](O)[C@H](O)[C@H]1O[C@@H]1OC[C@@H](O)C(O[C@@H]2OC[C@@](O)(CO)[C@H]2O)[C@H]1O. The molecule has 4 unspecified atom stereocenters. The van der Waals surface area contributed by atoms with Gasteiger partial charge in [0.2, 0.25) is 6.29 Å². The van der Waals surface area contributed by atoms with Crippen LogP contribution in [0.3, 0.4) is 0 Å². The highest BCUT2D eigenvalue weighted by atomic mass is 16.8. The molecular weight excluding hydrogens is 1280 g/mol. The molecule has 0 radical (unpaired) electrons. The quantitative estimate of drug-likeness (QED) is 0.0365. The van der Waals surface area contributed by atoms with Crippen molar-refractivity contribution in [2.45, 2.75) is 271 Å². The molecule has 33 nitrogen and oxygen atoms in total. The molecule has 0 spiro atoms. The second kappa shape index (κ2) is 27.9. The van der Waals surface area contributed by atoms with Gasteiger partial charge < -0.3 is 159 Å². The number of esters is 1. The van der Waals surface area contributed by atoms with Crippen LogP contribution in [0.2, 0.25) is 0 Å². The van der Waals surface area contributed by atoms with Crippen molar-refractivity contribution in [2.24, 2.45) is 50.2 Å². The highest BCUT2D eigenvalue weighted by Crippen LogP contribution is 2.76. The molecule has 96 heavy (non-hydrogen) atoms. The lowest BCUT2D eigenvalue weighted by atomic mass is 9.33. The van der Waals surface area contributed by atoms with E-state index in [9.17, 15) is 102 Å². The first kappa shape index (κ1) is 75.1. The molecule has 10 fully saturated rings. The maximum Gasteiger partial charge on any atom is 0.317 e. The van der Waals surface area contributed by atoms with Crippen LogP contribution in [0.25, 0.3) is 0 Å². The minimum atomic E-state index is -2.09. The second-order valence-electron chi connectivity index (χ2n) is 30.7. The van der Waals surface area contributed by atoms with Crippen LogP contribution in [-0.4, -0.2) is 339 Å². The number of aliphatic hydroxyl groups excluding tert-OH is 19. The highest BCUT2D eigenvalue weighted by Gasteiger charge is 2.74. The molecule has 11 aliphatic rings. The second-order valence-corrected chi connectivity index (χ2v) is 30.7. The van der Waals surface area contributed by atoms with E-state index < -0.39 is 281 Å². The fraction of sp³-hybridized carbons (Fsp3) is 0.952. The fourth-order valence-electron chi connectivity index (χ4n) is 18.9. The summed E-state index contributed by atoms with van der Waals surface area (Å²) in [6, 6.07) is 0. The van der Waals surface area contributed by atoms with Crippen molar-refractivity contribution in [2.75, 3.05) is 52.9 Å². The van der Waals surface area contributed by atoms with E-state index in [0.717, 1.165) is 5.57 Å². The van der Waals surface area contributed by atoms with Crippen molar-refractivity contribution < 1.29 is 164 Å². The fourth-order valence-corrected chi connectivity index (χ4v) is 18.9. The van der Waals surface area contributed by atoms with E-state index in [2.05, 4.69) is 33.8 Å². The Morgan fingerprint density at radius 1 is 0.531 bits per heavy atom. The van der Waals surface area contributed by atoms with Crippen LogP contribution in [0.4, 0.5) is 0 Å². The highest BCUT2D eigenvalue weighted by molar-refractivity contribution is 5.80. The van der Waals surface area contributed by atoms with Gasteiger partial charge in [0, 0.05) is 5.41 Å². The summed E-state index contributed by atoms with van der Waals surface area (Å²) in [5, 5.41) is 222. The summed E-state index contributed by atoms with van der Waals surface area (Å²) in [6.45, 7) is 6.04. The number of carbonyl (C=O) groups excluding carboxylic acids is 1. The van der Waals surface area contributed by atoms with Gasteiger partial charge in [0.05, 0.1) is 77.3 Å². The maximum atomic E-state index is 15.6. The average Bonchev–Trinajstić information content (AvgIpc) is 0.691. The van der Waals surface area contributed by atoms with Gasteiger partial charge in [0.25, 0.3) is 0 Å². The summed E-state index contributed by atoms with van der Waals surface area (Å²) in [6.07, 6.45) is -43.6. The van der Waals surface area contributed by atoms with E-state index in [-0.39, 0.29) is 25.2 Å². The molecule has 33 heteroatoms. The molecule has 6 saturated heterocycles. The molecule has 552 valence electrons. The summed E-state index contributed by atoms with van der Waals surface area (Å²) < 4.78 is 70.3. The van der Waals surface area contributed by atoms with Crippen molar-refractivity contribution in [1.82, 2.24) is 0 Å². The molecule has 4 saturated carbocycles. The molecule has 0 bridgehead atoms. The third kappa shape index (κ3) is 12.3. The Balaban J connectivity index is 0.804. The van der Waals surface area contributed by atoms with Crippen molar-refractivity contribution >= 4 is 5.97 Å². The molecule has 6 aliphatic heterocycles. The molecule has 20 N–H and O–H groups in total. The molecule has 11 rings (SSSR count). The molecule has 0 aromatic carbocycles. The predicted octanol–water partition coefficient (Wildman–Crippen LogP) is -7.55. The Bertz CT molecular complexity index is 2710. The van der Waals surface area contributed by atoms with Crippen molar-refractivity contribution in [1.29, 1.82) is 0 Å². The van der Waals surface area contributed by atoms with Gasteiger partial charge in [-0.25, -0.2) is 0 Å². The van der Waals surface area contributed by atoms with E-state index >= 15 is 4.79 Å². The third-order valence-electron chi connectivity index (χ3n) is 24.7. The standard InChI is InChI=1S/C63H102O33/c1-24-44(91-50-42(80)45(29(71)19-85-50)92-55-48(82)62(84,22-68)23-87-55)39(77)41(79)51(88-24)94-47-35(73)28(70)18-86-54(47)96-56(83)63-12-11-57(2,3)13-26(63)25-7-8-32-58(4)14-27(69)49(61(20-66,21-67)33(58)9-10-59(32,5)60(25,6)15-34(63)72)95-53-43(81)46(37(75)31(17-65)90-53)93-52-40(78)38(76)36(74)30(16-64)89-52/h7,24,26-55,64-82,84H,8-23H2,1-6H3/t24-,26-,27-,28-,29+,30+,31+,32?,33+,34+,35-,36+,37+,38-,39-,40+,41+,42+,43+,44-,45?,46-,47+,48-,49-,50-,51-,52-,53?,54?,55-,58+,59+,60+,62-,63+/m0/s1. The Labute approximate surface area is 553 Å². The largest absolute Gasteiger partial charge is 0.432 e. The van der Waals surface area contributed by atoms with E-state index in [1.54, 1.807) is 0 Å². The summed E-state index contributed by atoms with van der Waals surface area (Å²) in [7, 11) is 0. The van der Waals surface area contributed by atoms with E-state index in [1.165, 1.54) is 6.92 Å². The van der Waals surface area contributed by atoms with Crippen LogP contribution in [0, 0.1) is 50.2 Å². The lowest BCUT2D eigenvalue weighted by Gasteiger charge is -2.72. The van der Waals surface area contributed by atoms with E-state index in [1.807, 2.05) is 6.92 Å². The lowest BCUT2D eigenvalue weighted by Crippen LogP contribution is -2.72. The summed E-state index contributed by atoms with van der Waals surface area (Å²) in [5.74, 6) is -2.53. The average molecular weight is 1390 g/mol. The van der Waals surface area contributed by atoms with Crippen LogP contribution in [0.15, 0.2) is 11.6 Å². The van der Waals surface area contributed by atoms with E-state index in [0.29, 0.717) is 32.1 Å². The number of carbonyl (C=O) groups is 1. The van der Waals surface area contributed by atoms with E-state index in [4.69, 9.17) is 56.8 Å². The van der Waals surface area contributed by atoms with Gasteiger partial charge >= 0.3 is 5.97 Å². The summed E-state index contributed by atoms with van der Waals surface area (Å²) in [4.78, 5) is 15.6. The first-order valence-electron chi connectivity index (χ1n) is 33.4. The smallest absolute Gasteiger partial charge is 0.317 e. The van der Waals surface area contributed by atoms with Crippen LogP contribution in [0.1, 0.15) is 92.9 Å². The lowest BCUT2D eigenvalue weighted by molar-refractivity contribution is -0.377. The van der Waals surface area contributed by atoms with Gasteiger partial charge in [-0.1, -0.05) is 46.3 Å². The number of allylic oxidation sites excluding steroid dienone is 2. The molecule has 0 amide bonds. The minimum absolute atomic E-state index is 0.00569. The number of fused-ring (bicyclic) bond motifs is 7. The summed E-state index contributed by atoms with van der Waals surface area (Å²) in [5.41, 5.74) is -7.41. The number of hydrogen-bond donors (Lipinski definition) is 20. The molecule has 5 aliphatic carbocycles. The Hall–Kier alpha value is -2.03. The Morgan fingerprint density at radius 2 is 1.11 bits per heavy atom. The molecular formula is C63H102O33. The minimum Gasteiger partial charge on any atom is -0.432 e. The number of hydrogen-bond acceptors (Lipinski definition) is 33. The van der Waals surface area contributed by atoms with Gasteiger partial charge in [0.1, 0.15) is 115 Å². The van der Waals surface area contributed by atoms with Crippen molar-refractivity contribution in [3.8, 4) is 0 Å². The third-order valence-corrected chi connectivity index (χ3v) is 24.7. The zero-order valence-corrected chi connectivity index (χ0v) is 54.5. The number of aliphatic hydroxyl groups is 20. The number of rotatable bonds is 17. The maximum absolute atomic E-state index is 15.6.